The van der Waals surface area contributed by atoms with Gasteiger partial charge in [-0.3, -0.25) is 0 Å². The summed E-state index contributed by atoms with van der Waals surface area (Å²) in [7, 11) is 0. The number of halogens is 1. The fraction of sp³-hybridized carbons (Fsp3) is 1.00. The van der Waals surface area contributed by atoms with Gasteiger partial charge in [-0.05, 0) is 36.2 Å². The summed E-state index contributed by atoms with van der Waals surface area (Å²) in [6, 6.07) is 0. The number of rotatable bonds is 5. The quantitative estimate of drug-likeness (QED) is 0.519. The molecule has 0 heterocycles. The largest absolute Gasteiger partial charge is 0.162 e. The molecule has 0 aromatic rings. The van der Waals surface area contributed by atoms with Crippen molar-refractivity contribution in [2.75, 3.05) is 16.8 Å². The van der Waals surface area contributed by atoms with Gasteiger partial charge in [0, 0.05) is 5.33 Å². The molecule has 0 spiro atoms. The van der Waals surface area contributed by atoms with E-state index in [-0.39, 0.29) is 0 Å². The molecule has 1 aliphatic rings. The van der Waals surface area contributed by atoms with Gasteiger partial charge in [-0.2, -0.15) is 11.8 Å². The van der Waals surface area contributed by atoms with Gasteiger partial charge in [0.2, 0.25) is 0 Å². The van der Waals surface area contributed by atoms with Gasteiger partial charge in [0.25, 0.3) is 0 Å². The summed E-state index contributed by atoms with van der Waals surface area (Å²) in [6.07, 6.45) is 5.81. The Hall–Kier alpha value is 0.830. The van der Waals surface area contributed by atoms with Crippen LogP contribution in [0.5, 0.6) is 0 Å². The molecule has 1 saturated carbocycles. The van der Waals surface area contributed by atoms with Crippen LogP contribution < -0.4 is 0 Å². The third-order valence-electron chi connectivity index (χ3n) is 2.68. The van der Waals surface area contributed by atoms with Crippen LogP contribution in [0, 0.1) is 5.41 Å². The van der Waals surface area contributed by atoms with Crippen LogP contribution in [0.1, 0.15) is 32.6 Å². The van der Waals surface area contributed by atoms with Gasteiger partial charge in [0.05, 0.1) is 0 Å². The van der Waals surface area contributed by atoms with E-state index < -0.39 is 0 Å². The molecule has 0 bridgehead atoms. The molecule has 0 nitrogen and oxygen atoms in total. The standard InChI is InChI=1S/C9H17BrS/c1-2-11-7-6-9(8-10)4-3-5-9/h2-8H2,1H3. The zero-order chi connectivity index (χ0) is 8.16. The van der Waals surface area contributed by atoms with Gasteiger partial charge in [-0.1, -0.05) is 29.3 Å². The van der Waals surface area contributed by atoms with E-state index >= 15 is 0 Å². The molecule has 0 aromatic heterocycles. The maximum atomic E-state index is 3.63. The minimum Gasteiger partial charge on any atom is -0.162 e. The lowest BCUT2D eigenvalue weighted by atomic mass is 9.69. The topological polar surface area (TPSA) is 0 Å². The summed E-state index contributed by atoms with van der Waals surface area (Å²) >= 11 is 5.71. The first-order valence-corrected chi connectivity index (χ1v) is 6.74. The minimum atomic E-state index is 0.710. The third-order valence-corrected chi connectivity index (χ3v) is 4.77. The first kappa shape index (κ1) is 9.91. The summed E-state index contributed by atoms with van der Waals surface area (Å²) < 4.78 is 0. The molecular formula is C9H17BrS. The summed E-state index contributed by atoms with van der Waals surface area (Å²) in [4.78, 5) is 0. The van der Waals surface area contributed by atoms with Crippen molar-refractivity contribution in [2.24, 2.45) is 5.41 Å². The Kier molecular flexibility index (Phi) is 4.29. The van der Waals surface area contributed by atoms with Gasteiger partial charge in [-0.25, -0.2) is 0 Å². The lowest BCUT2D eigenvalue weighted by Gasteiger charge is -2.40. The van der Waals surface area contributed by atoms with Gasteiger partial charge in [0.1, 0.15) is 0 Å². The average Bonchev–Trinajstić information content (AvgIpc) is 1.95. The van der Waals surface area contributed by atoms with E-state index in [1.54, 1.807) is 0 Å². The fourth-order valence-corrected chi connectivity index (χ4v) is 3.27. The molecule has 0 amide bonds. The van der Waals surface area contributed by atoms with E-state index in [4.69, 9.17) is 0 Å². The Morgan fingerprint density at radius 3 is 2.55 bits per heavy atom. The molecule has 0 aliphatic heterocycles. The molecule has 1 fully saturated rings. The zero-order valence-corrected chi connectivity index (χ0v) is 9.64. The molecular weight excluding hydrogens is 220 g/mol. The van der Waals surface area contributed by atoms with Crippen molar-refractivity contribution in [1.82, 2.24) is 0 Å². The van der Waals surface area contributed by atoms with Crippen molar-refractivity contribution in [3.8, 4) is 0 Å². The Balaban J connectivity index is 2.11. The number of thioether (sulfide) groups is 1. The summed E-state index contributed by atoms with van der Waals surface area (Å²) in [5, 5.41) is 1.23. The molecule has 2 heteroatoms. The SMILES string of the molecule is CCSCCC1(CBr)CCC1. The van der Waals surface area contributed by atoms with Crippen LogP contribution in [0.25, 0.3) is 0 Å². The first-order valence-electron chi connectivity index (χ1n) is 4.47. The van der Waals surface area contributed by atoms with Gasteiger partial charge in [0.15, 0.2) is 0 Å². The molecule has 66 valence electrons. The molecule has 0 atom stereocenters. The van der Waals surface area contributed by atoms with Crippen molar-refractivity contribution >= 4 is 27.7 Å². The predicted octanol–water partition coefficient (Wildman–Crippen LogP) is 3.69. The normalized spacial score (nSPS) is 21.3. The maximum absolute atomic E-state index is 3.63. The van der Waals surface area contributed by atoms with E-state index in [1.807, 2.05) is 0 Å². The second kappa shape index (κ2) is 4.76. The highest BCUT2D eigenvalue weighted by Crippen LogP contribution is 2.45. The van der Waals surface area contributed by atoms with Gasteiger partial charge >= 0.3 is 0 Å². The van der Waals surface area contributed by atoms with Crippen molar-refractivity contribution in [3.05, 3.63) is 0 Å². The van der Waals surface area contributed by atoms with E-state index in [2.05, 4.69) is 34.6 Å². The molecule has 11 heavy (non-hydrogen) atoms. The highest BCUT2D eigenvalue weighted by Gasteiger charge is 2.34. The average molecular weight is 237 g/mol. The number of alkyl halides is 1. The maximum Gasteiger partial charge on any atom is 0.00882 e. The van der Waals surface area contributed by atoms with E-state index in [0.29, 0.717) is 5.41 Å². The van der Waals surface area contributed by atoms with Crippen LogP contribution in [-0.2, 0) is 0 Å². The molecule has 1 aliphatic carbocycles. The minimum absolute atomic E-state index is 0.710. The summed E-state index contributed by atoms with van der Waals surface area (Å²) in [6.45, 7) is 2.24. The van der Waals surface area contributed by atoms with Crippen molar-refractivity contribution in [3.63, 3.8) is 0 Å². The Bertz CT molecular complexity index is 105. The lowest BCUT2D eigenvalue weighted by molar-refractivity contribution is 0.165. The first-order chi connectivity index (χ1) is 5.33. The number of hydrogen-bond donors (Lipinski definition) is 0. The second-order valence-corrected chi connectivity index (χ2v) is 5.39. The van der Waals surface area contributed by atoms with Crippen LogP contribution in [0.2, 0.25) is 0 Å². The second-order valence-electron chi connectivity index (χ2n) is 3.43. The van der Waals surface area contributed by atoms with Crippen LogP contribution in [0.15, 0.2) is 0 Å². The van der Waals surface area contributed by atoms with Crippen molar-refractivity contribution in [2.45, 2.75) is 32.6 Å². The third kappa shape index (κ3) is 2.66. The van der Waals surface area contributed by atoms with Gasteiger partial charge < -0.3 is 0 Å². The van der Waals surface area contributed by atoms with Crippen LogP contribution in [0.4, 0.5) is 0 Å². The van der Waals surface area contributed by atoms with E-state index in [0.717, 1.165) is 0 Å². The van der Waals surface area contributed by atoms with Crippen LogP contribution >= 0.6 is 27.7 Å². The van der Waals surface area contributed by atoms with Crippen molar-refractivity contribution in [1.29, 1.82) is 0 Å². The van der Waals surface area contributed by atoms with Crippen LogP contribution in [0.3, 0.4) is 0 Å². The lowest BCUT2D eigenvalue weighted by Crippen LogP contribution is -2.31. The number of hydrogen-bond acceptors (Lipinski definition) is 1. The van der Waals surface area contributed by atoms with E-state index in [9.17, 15) is 0 Å². The molecule has 0 radical (unpaired) electrons. The van der Waals surface area contributed by atoms with E-state index in [1.165, 1.54) is 42.5 Å². The zero-order valence-electron chi connectivity index (χ0n) is 7.24. The summed E-state index contributed by atoms with van der Waals surface area (Å²) in [5.41, 5.74) is 0.710. The Morgan fingerprint density at radius 1 is 1.45 bits per heavy atom. The monoisotopic (exact) mass is 236 g/mol. The molecule has 0 saturated heterocycles. The highest BCUT2D eigenvalue weighted by atomic mass is 79.9. The Labute approximate surface area is 82.6 Å². The molecule has 0 aromatic carbocycles. The van der Waals surface area contributed by atoms with Gasteiger partial charge in [-0.15, -0.1) is 0 Å². The predicted molar refractivity (Wildman–Crippen MR) is 57.7 cm³/mol. The molecule has 0 N–H and O–H groups in total. The molecule has 1 rings (SSSR count). The highest BCUT2D eigenvalue weighted by molar-refractivity contribution is 9.09. The fourth-order valence-electron chi connectivity index (χ4n) is 1.56. The smallest absolute Gasteiger partial charge is 0.00882 e. The van der Waals surface area contributed by atoms with Crippen molar-refractivity contribution < 1.29 is 0 Å². The van der Waals surface area contributed by atoms with Crippen LogP contribution in [-0.4, -0.2) is 16.8 Å². The Morgan fingerprint density at radius 2 is 2.18 bits per heavy atom. The molecule has 0 unspecified atom stereocenters. The summed E-state index contributed by atoms with van der Waals surface area (Å²) in [5.74, 6) is 2.64.